The molecule has 3 rings (SSSR count). The van der Waals surface area contributed by atoms with Crippen molar-refractivity contribution < 1.29 is 14.3 Å². The average molecular weight is 326 g/mol. The average Bonchev–Trinajstić information content (AvgIpc) is 3.46. The fraction of sp³-hybridized carbons (Fsp3) is 0.526. The molecule has 5 nitrogen and oxygen atoms in total. The molecule has 1 aromatic rings. The third-order valence-electron chi connectivity index (χ3n) is 4.80. The molecule has 2 atom stereocenters. The highest BCUT2D eigenvalue weighted by Gasteiger charge is 2.37. The first-order valence-corrected chi connectivity index (χ1v) is 8.58. The predicted molar refractivity (Wildman–Crippen MR) is 87.7 cm³/mol. The SMILES string of the molecule is C[C@@H](OC(=O)[C@@H]1CCCN(C(=O)C2CC2)C1)c1ccc(C#N)cc1. The molecule has 1 aromatic carbocycles. The van der Waals surface area contributed by atoms with Crippen LogP contribution in [0.1, 0.15) is 49.8 Å². The van der Waals surface area contributed by atoms with Gasteiger partial charge in [-0.15, -0.1) is 0 Å². The number of hydrogen-bond acceptors (Lipinski definition) is 4. The first-order chi connectivity index (χ1) is 11.6. The lowest BCUT2D eigenvalue weighted by molar-refractivity contribution is -0.156. The Morgan fingerprint density at radius 3 is 2.54 bits per heavy atom. The van der Waals surface area contributed by atoms with Gasteiger partial charge in [0.05, 0.1) is 17.6 Å². The summed E-state index contributed by atoms with van der Waals surface area (Å²) in [6, 6.07) is 9.12. The van der Waals surface area contributed by atoms with E-state index in [1.165, 1.54) is 0 Å². The Hall–Kier alpha value is -2.35. The molecule has 2 aliphatic rings. The molecule has 24 heavy (non-hydrogen) atoms. The van der Waals surface area contributed by atoms with Crippen LogP contribution in [0.2, 0.25) is 0 Å². The third kappa shape index (κ3) is 3.76. The van der Waals surface area contributed by atoms with Gasteiger partial charge in [0.15, 0.2) is 0 Å². The van der Waals surface area contributed by atoms with Crippen LogP contribution in [0, 0.1) is 23.2 Å². The van der Waals surface area contributed by atoms with Gasteiger partial charge in [0.25, 0.3) is 0 Å². The van der Waals surface area contributed by atoms with Crippen molar-refractivity contribution >= 4 is 11.9 Å². The summed E-state index contributed by atoms with van der Waals surface area (Å²) in [6.07, 6.45) is 3.23. The highest BCUT2D eigenvalue weighted by atomic mass is 16.5. The molecule has 1 aliphatic carbocycles. The zero-order valence-corrected chi connectivity index (χ0v) is 13.9. The molecule has 0 unspecified atom stereocenters. The summed E-state index contributed by atoms with van der Waals surface area (Å²) in [6.45, 7) is 3.06. The minimum absolute atomic E-state index is 0.192. The normalized spacial score (nSPS) is 21.7. The predicted octanol–water partition coefficient (Wildman–Crippen LogP) is 2.81. The second kappa shape index (κ2) is 7.04. The van der Waals surface area contributed by atoms with Crippen molar-refractivity contribution in [2.45, 2.75) is 38.7 Å². The van der Waals surface area contributed by atoms with Gasteiger partial charge in [-0.05, 0) is 50.3 Å². The smallest absolute Gasteiger partial charge is 0.311 e. The molecule has 0 aromatic heterocycles. The van der Waals surface area contributed by atoms with Gasteiger partial charge < -0.3 is 9.64 Å². The number of carbonyl (C=O) groups is 2. The van der Waals surface area contributed by atoms with Gasteiger partial charge in [-0.2, -0.15) is 5.26 Å². The molecule has 1 aliphatic heterocycles. The summed E-state index contributed by atoms with van der Waals surface area (Å²) in [7, 11) is 0. The second-order valence-electron chi connectivity index (χ2n) is 6.71. The first kappa shape index (κ1) is 16.5. The molecule has 1 saturated carbocycles. The largest absolute Gasteiger partial charge is 0.458 e. The maximum absolute atomic E-state index is 12.4. The molecule has 2 fully saturated rings. The Morgan fingerprint density at radius 1 is 1.21 bits per heavy atom. The number of piperidine rings is 1. The standard InChI is InChI=1S/C19H22N2O3/c1-13(15-6-4-14(11-20)5-7-15)24-19(23)17-3-2-10-21(12-17)18(22)16-8-9-16/h4-7,13,16-17H,2-3,8-10,12H2,1H3/t13-,17-/m1/s1. The Balaban J connectivity index is 1.56. The number of nitriles is 1. The van der Waals surface area contributed by atoms with Crippen molar-refractivity contribution in [1.29, 1.82) is 5.26 Å². The van der Waals surface area contributed by atoms with Crippen molar-refractivity contribution in [2.24, 2.45) is 11.8 Å². The molecule has 126 valence electrons. The molecule has 1 heterocycles. The van der Waals surface area contributed by atoms with Crippen LogP contribution in [0.3, 0.4) is 0 Å². The van der Waals surface area contributed by atoms with Crippen molar-refractivity contribution in [3.8, 4) is 6.07 Å². The number of carbonyl (C=O) groups excluding carboxylic acids is 2. The van der Waals surface area contributed by atoms with Crippen LogP contribution < -0.4 is 0 Å². The number of esters is 1. The topological polar surface area (TPSA) is 70.4 Å². The van der Waals surface area contributed by atoms with Crippen molar-refractivity contribution in [3.05, 3.63) is 35.4 Å². The summed E-state index contributed by atoms with van der Waals surface area (Å²) in [5, 5.41) is 8.83. The van der Waals surface area contributed by atoms with Crippen molar-refractivity contribution in [1.82, 2.24) is 4.90 Å². The quantitative estimate of drug-likeness (QED) is 0.798. The number of nitrogens with zero attached hydrogens (tertiary/aromatic N) is 2. The summed E-state index contributed by atoms with van der Waals surface area (Å²) >= 11 is 0. The number of likely N-dealkylation sites (tertiary alicyclic amines) is 1. The van der Waals surface area contributed by atoms with Crippen LogP contribution in [0.5, 0.6) is 0 Å². The van der Waals surface area contributed by atoms with E-state index in [4.69, 9.17) is 10.00 Å². The lowest BCUT2D eigenvalue weighted by Crippen LogP contribution is -2.43. The van der Waals surface area contributed by atoms with E-state index in [0.29, 0.717) is 12.1 Å². The van der Waals surface area contributed by atoms with Crippen LogP contribution >= 0.6 is 0 Å². The zero-order valence-electron chi connectivity index (χ0n) is 13.9. The Morgan fingerprint density at radius 2 is 1.92 bits per heavy atom. The summed E-state index contributed by atoms with van der Waals surface area (Å²) < 4.78 is 5.59. The fourth-order valence-electron chi connectivity index (χ4n) is 3.13. The monoisotopic (exact) mass is 326 g/mol. The van der Waals surface area contributed by atoms with Crippen molar-refractivity contribution in [2.75, 3.05) is 13.1 Å². The molecule has 0 N–H and O–H groups in total. The fourth-order valence-corrected chi connectivity index (χ4v) is 3.13. The van der Waals surface area contributed by atoms with E-state index in [1.807, 2.05) is 11.8 Å². The van der Waals surface area contributed by atoms with E-state index in [-0.39, 0.29) is 29.8 Å². The van der Waals surface area contributed by atoms with Crippen LogP contribution in [-0.4, -0.2) is 29.9 Å². The van der Waals surface area contributed by atoms with E-state index in [1.54, 1.807) is 24.3 Å². The highest BCUT2D eigenvalue weighted by Crippen LogP contribution is 2.33. The van der Waals surface area contributed by atoms with E-state index in [2.05, 4.69) is 6.07 Å². The van der Waals surface area contributed by atoms with Gasteiger partial charge in [0, 0.05) is 19.0 Å². The lowest BCUT2D eigenvalue weighted by atomic mass is 9.97. The molecule has 5 heteroatoms. The van der Waals surface area contributed by atoms with Crippen molar-refractivity contribution in [3.63, 3.8) is 0 Å². The number of amides is 1. The highest BCUT2D eigenvalue weighted by molar-refractivity contribution is 5.82. The summed E-state index contributed by atoms with van der Waals surface area (Å²) in [5.74, 6) is -0.0765. The maximum atomic E-state index is 12.4. The van der Waals surface area contributed by atoms with Gasteiger partial charge in [-0.25, -0.2) is 0 Å². The maximum Gasteiger partial charge on any atom is 0.311 e. The summed E-state index contributed by atoms with van der Waals surface area (Å²) in [5.41, 5.74) is 1.45. The number of benzene rings is 1. The number of hydrogen-bond donors (Lipinski definition) is 0. The van der Waals surface area contributed by atoms with E-state index >= 15 is 0 Å². The number of ether oxygens (including phenoxy) is 1. The molecule has 1 amide bonds. The van der Waals surface area contributed by atoms with Gasteiger partial charge >= 0.3 is 5.97 Å². The zero-order chi connectivity index (χ0) is 17.1. The Bertz CT molecular complexity index is 658. The minimum Gasteiger partial charge on any atom is -0.458 e. The molecule has 0 radical (unpaired) electrons. The van der Waals surface area contributed by atoms with Gasteiger partial charge in [0.1, 0.15) is 6.10 Å². The van der Waals surface area contributed by atoms with Gasteiger partial charge in [-0.1, -0.05) is 12.1 Å². The molecular weight excluding hydrogens is 304 g/mol. The van der Waals surface area contributed by atoms with E-state index in [0.717, 1.165) is 37.8 Å². The first-order valence-electron chi connectivity index (χ1n) is 8.58. The minimum atomic E-state index is -0.361. The lowest BCUT2D eigenvalue weighted by Gasteiger charge is -2.32. The number of rotatable bonds is 4. The molecule has 0 bridgehead atoms. The van der Waals surface area contributed by atoms with E-state index < -0.39 is 0 Å². The molecular formula is C19H22N2O3. The van der Waals surface area contributed by atoms with Crippen LogP contribution in [0.15, 0.2) is 24.3 Å². The van der Waals surface area contributed by atoms with E-state index in [9.17, 15) is 9.59 Å². The van der Waals surface area contributed by atoms with Gasteiger partial charge in [-0.3, -0.25) is 9.59 Å². The summed E-state index contributed by atoms with van der Waals surface area (Å²) in [4.78, 5) is 26.5. The Kier molecular flexibility index (Phi) is 4.84. The Labute approximate surface area is 142 Å². The molecule has 0 spiro atoms. The molecule has 1 saturated heterocycles. The van der Waals surface area contributed by atoms with Gasteiger partial charge in [0.2, 0.25) is 5.91 Å². The van der Waals surface area contributed by atoms with Crippen LogP contribution in [0.4, 0.5) is 0 Å². The van der Waals surface area contributed by atoms with Crippen LogP contribution in [-0.2, 0) is 14.3 Å². The second-order valence-corrected chi connectivity index (χ2v) is 6.71. The van der Waals surface area contributed by atoms with Crippen LogP contribution in [0.25, 0.3) is 0 Å². The third-order valence-corrected chi connectivity index (χ3v) is 4.80.